The second-order valence-corrected chi connectivity index (χ2v) is 5.15. The molecule has 16 heavy (non-hydrogen) atoms. The first-order valence-corrected chi connectivity index (χ1v) is 5.91. The molecule has 3 fully saturated rings. The number of nitrogens with zero attached hydrogens (tertiary/aromatic N) is 1. The highest BCUT2D eigenvalue weighted by molar-refractivity contribution is 6.05. The van der Waals surface area contributed by atoms with Gasteiger partial charge in [-0.15, -0.1) is 0 Å². The molecule has 3 aliphatic rings. The smallest absolute Gasteiger partial charge is 0.244 e. The number of nitrogens with one attached hydrogen (secondary N) is 1. The number of rotatable bonds is 1. The van der Waals surface area contributed by atoms with E-state index < -0.39 is 0 Å². The molecule has 0 aromatic carbocycles. The lowest BCUT2D eigenvalue weighted by Gasteiger charge is -2.22. The van der Waals surface area contributed by atoms with Gasteiger partial charge in [0, 0.05) is 19.0 Å². The van der Waals surface area contributed by atoms with E-state index in [4.69, 9.17) is 0 Å². The molecular formula is C11H16N2O3. The number of fused-ring (bicyclic) bond motifs is 1. The van der Waals surface area contributed by atoms with Gasteiger partial charge in [-0.2, -0.15) is 0 Å². The van der Waals surface area contributed by atoms with Crippen LogP contribution < -0.4 is 5.32 Å². The topological polar surface area (TPSA) is 69.6 Å². The fourth-order valence-electron chi connectivity index (χ4n) is 3.36. The van der Waals surface area contributed by atoms with Crippen molar-refractivity contribution >= 4 is 11.8 Å². The second kappa shape index (κ2) is 3.53. The standard InChI is InChI=1S/C11H16N2O3/c14-9-2-1-6-4-13(5-7(6)9)8-3-10(15)12-11(8)16/h6-9,14H,1-5H2,(H,12,15,16). The highest BCUT2D eigenvalue weighted by Gasteiger charge is 2.46. The molecule has 0 spiro atoms. The van der Waals surface area contributed by atoms with Crippen LogP contribution in [0, 0.1) is 11.8 Å². The van der Waals surface area contributed by atoms with E-state index in [-0.39, 0.29) is 30.4 Å². The molecule has 0 radical (unpaired) electrons. The highest BCUT2D eigenvalue weighted by Crippen LogP contribution is 2.39. The Kier molecular flexibility index (Phi) is 2.26. The molecule has 1 aliphatic carbocycles. The zero-order valence-electron chi connectivity index (χ0n) is 9.06. The van der Waals surface area contributed by atoms with E-state index in [9.17, 15) is 14.7 Å². The molecule has 2 aliphatic heterocycles. The molecule has 0 aromatic rings. The van der Waals surface area contributed by atoms with Crippen LogP contribution in [0.3, 0.4) is 0 Å². The molecule has 2 N–H and O–H groups in total. The van der Waals surface area contributed by atoms with Crippen molar-refractivity contribution in [1.82, 2.24) is 10.2 Å². The monoisotopic (exact) mass is 224 g/mol. The molecule has 1 saturated carbocycles. The molecule has 5 heteroatoms. The minimum absolute atomic E-state index is 0.167. The maximum Gasteiger partial charge on any atom is 0.244 e. The Bertz CT molecular complexity index is 344. The minimum Gasteiger partial charge on any atom is -0.393 e. The summed E-state index contributed by atoms with van der Waals surface area (Å²) in [7, 11) is 0. The predicted molar refractivity (Wildman–Crippen MR) is 55.3 cm³/mol. The van der Waals surface area contributed by atoms with Gasteiger partial charge in [-0.3, -0.25) is 19.8 Å². The van der Waals surface area contributed by atoms with Gasteiger partial charge < -0.3 is 5.11 Å². The molecule has 2 heterocycles. The van der Waals surface area contributed by atoms with E-state index in [1.807, 2.05) is 0 Å². The first kappa shape index (κ1) is 10.2. The summed E-state index contributed by atoms with van der Waals surface area (Å²) in [6, 6.07) is -0.287. The Balaban J connectivity index is 1.70. The van der Waals surface area contributed by atoms with Crippen LogP contribution in [0.2, 0.25) is 0 Å². The van der Waals surface area contributed by atoms with E-state index >= 15 is 0 Å². The Hall–Kier alpha value is -0.940. The number of carbonyl (C=O) groups is 2. The zero-order valence-corrected chi connectivity index (χ0v) is 9.06. The number of amides is 2. The zero-order chi connectivity index (χ0) is 11.3. The van der Waals surface area contributed by atoms with E-state index in [0.29, 0.717) is 11.8 Å². The Morgan fingerprint density at radius 1 is 1.25 bits per heavy atom. The lowest BCUT2D eigenvalue weighted by Crippen LogP contribution is -2.40. The molecule has 88 valence electrons. The quantitative estimate of drug-likeness (QED) is 0.567. The Morgan fingerprint density at radius 3 is 2.69 bits per heavy atom. The van der Waals surface area contributed by atoms with Gasteiger partial charge in [0.15, 0.2) is 0 Å². The van der Waals surface area contributed by atoms with Crippen molar-refractivity contribution in [3.8, 4) is 0 Å². The Labute approximate surface area is 93.8 Å². The molecule has 3 rings (SSSR count). The first-order valence-electron chi connectivity index (χ1n) is 5.91. The summed E-state index contributed by atoms with van der Waals surface area (Å²) < 4.78 is 0. The van der Waals surface area contributed by atoms with E-state index in [0.717, 1.165) is 25.9 Å². The summed E-state index contributed by atoms with van der Waals surface area (Å²) in [5.74, 6) is 0.481. The van der Waals surface area contributed by atoms with Crippen molar-refractivity contribution < 1.29 is 14.7 Å². The van der Waals surface area contributed by atoms with Crippen LogP contribution in [0.4, 0.5) is 0 Å². The summed E-state index contributed by atoms with van der Waals surface area (Å²) in [5.41, 5.74) is 0. The van der Waals surface area contributed by atoms with E-state index in [2.05, 4.69) is 10.2 Å². The fraction of sp³-hybridized carbons (Fsp3) is 0.818. The maximum atomic E-state index is 11.5. The molecule has 2 saturated heterocycles. The molecule has 4 unspecified atom stereocenters. The second-order valence-electron chi connectivity index (χ2n) is 5.15. The van der Waals surface area contributed by atoms with Crippen LogP contribution in [0.25, 0.3) is 0 Å². The number of aliphatic hydroxyl groups excluding tert-OH is 1. The van der Waals surface area contributed by atoms with Crippen LogP contribution in [0.5, 0.6) is 0 Å². The van der Waals surface area contributed by atoms with Crippen LogP contribution in [-0.2, 0) is 9.59 Å². The van der Waals surface area contributed by atoms with E-state index in [1.165, 1.54) is 0 Å². The molecule has 0 bridgehead atoms. The van der Waals surface area contributed by atoms with Crippen molar-refractivity contribution in [2.75, 3.05) is 13.1 Å². The lowest BCUT2D eigenvalue weighted by atomic mass is 10.00. The minimum atomic E-state index is -0.287. The molecule has 4 atom stereocenters. The lowest BCUT2D eigenvalue weighted by molar-refractivity contribution is -0.126. The third kappa shape index (κ3) is 1.46. The van der Waals surface area contributed by atoms with Crippen LogP contribution in [0.1, 0.15) is 19.3 Å². The average Bonchev–Trinajstić information content (AvgIpc) is 2.84. The Morgan fingerprint density at radius 2 is 2.06 bits per heavy atom. The predicted octanol–water partition coefficient (Wildman–Crippen LogP) is -0.896. The number of hydrogen-bond acceptors (Lipinski definition) is 4. The van der Waals surface area contributed by atoms with Gasteiger partial charge >= 0.3 is 0 Å². The van der Waals surface area contributed by atoms with Gasteiger partial charge in [-0.1, -0.05) is 0 Å². The van der Waals surface area contributed by atoms with Crippen LogP contribution in [-0.4, -0.2) is 47.1 Å². The van der Waals surface area contributed by atoms with E-state index in [1.54, 1.807) is 0 Å². The number of aliphatic hydroxyl groups is 1. The van der Waals surface area contributed by atoms with Gasteiger partial charge in [-0.05, 0) is 18.8 Å². The third-order valence-electron chi connectivity index (χ3n) is 4.23. The number of imide groups is 1. The third-order valence-corrected chi connectivity index (χ3v) is 4.23. The number of hydrogen-bond donors (Lipinski definition) is 2. The van der Waals surface area contributed by atoms with Crippen molar-refractivity contribution in [3.63, 3.8) is 0 Å². The normalized spacial score (nSPS) is 43.8. The van der Waals surface area contributed by atoms with Gasteiger partial charge in [0.2, 0.25) is 11.8 Å². The summed E-state index contributed by atoms with van der Waals surface area (Å²) >= 11 is 0. The SMILES string of the molecule is O=C1CC(N2CC3CCC(O)C3C2)C(=O)N1. The fourth-order valence-corrected chi connectivity index (χ4v) is 3.36. The largest absolute Gasteiger partial charge is 0.393 e. The average molecular weight is 224 g/mol. The number of likely N-dealkylation sites (tertiary alicyclic amines) is 1. The van der Waals surface area contributed by atoms with Gasteiger partial charge in [0.25, 0.3) is 0 Å². The summed E-state index contributed by atoms with van der Waals surface area (Å²) in [5, 5.41) is 12.1. The van der Waals surface area contributed by atoms with Crippen molar-refractivity contribution in [3.05, 3.63) is 0 Å². The van der Waals surface area contributed by atoms with Crippen molar-refractivity contribution in [1.29, 1.82) is 0 Å². The van der Waals surface area contributed by atoms with Gasteiger partial charge in [-0.25, -0.2) is 0 Å². The highest BCUT2D eigenvalue weighted by atomic mass is 16.3. The first-order chi connectivity index (χ1) is 7.65. The maximum absolute atomic E-state index is 11.5. The van der Waals surface area contributed by atoms with Crippen LogP contribution >= 0.6 is 0 Å². The molecular weight excluding hydrogens is 208 g/mol. The van der Waals surface area contributed by atoms with Crippen molar-refractivity contribution in [2.24, 2.45) is 11.8 Å². The number of carbonyl (C=O) groups excluding carboxylic acids is 2. The van der Waals surface area contributed by atoms with Gasteiger partial charge in [0.05, 0.1) is 18.6 Å². The molecule has 5 nitrogen and oxygen atoms in total. The molecule has 2 amide bonds. The molecule has 0 aromatic heterocycles. The van der Waals surface area contributed by atoms with Crippen LogP contribution in [0.15, 0.2) is 0 Å². The van der Waals surface area contributed by atoms with Gasteiger partial charge in [0.1, 0.15) is 0 Å². The summed E-state index contributed by atoms with van der Waals surface area (Å²) in [6.07, 6.45) is 2.01. The summed E-state index contributed by atoms with van der Waals surface area (Å²) in [4.78, 5) is 24.7. The van der Waals surface area contributed by atoms with Crippen molar-refractivity contribution in [2.45, 2.75) is 31.4 Å². The summed E-state index contributed by atoms with van der Waals surface area (Å²) in [6.45, 7) is 1.62.